The van der Waals surface area contributed by atoms with Crippen LogP contribution in [0.1, 0.15) is 23.2 Å². The van der Waals surface area contributed by atoms with E-state index in [4.69, 9.17) is 10.2 Å². The van der Waals surface area contributed by atoms with E-state index >= 15 is 0 Å². The van der Waals surface area contributed by atoms with Crippen LogP contribution in [-0.2, 0) is 9.59 Å². The molecule has 0 aliphatic carbocycles. The van der Waals surface area contributed by atoms with Crippen molar-refractivity contribution in [1.82, 2.24) is 10.3 Å². The molecule has 0 radical (unpaired) electrons. The second-order valence-corrected chi connectivity index (χ2v) is 3.66. The lowest BCUT2D eigenvalue weighted by Crippen LogP contribution is -2.41. The van der Waals surface area contributed by atoms with Crippen molar-refractivity contribution in [2.45, 2.75) is 18.9 Å². The Kier molecular flexibility index (Phi) is 4.92. The predicted molar refractivity (Wildman–Crippen MR) is 60.0 cm³/mol. The van der Waals surface area contributed by atoms with E-state index in [9.17, 15) is 18.8 Å². The van der Waals surface area contributed by atoms with Gasteiger partial charge in [0.25, 0.3) is 5.91 Å². The third-order valence-corrected chi connectivity index (χ3v) is 2.24. The molecule has 3 N–H and O–H groups in total. The molecule has 1 aromatic rings. The zero-order valence-corrected chi connectivity index (χ0v) is 9.67. The van der Waals surface area contributed by atoms with Crippen molar-refractivity contribution in [2.24, 2.45) is 0 Å². The van der Waals surface area contributed by atoms with E-state index in [0.717, 1.165) is 12.3 Å². The summed E-state index contributed by atoms with van der Waals surface area (Å²) in [5.74, 6) is -4.20. The maximum atomic E-state index is 12.8. The number of aromatic nitrogens is 1. The molecule has 1 unspecified atom stereocenters. The van der Waals surface area contributed by atoms with Crippen LogP contribution in [0.4, 0.5) is 4.39 Å². The van der Waals surface area contributed by atoms with Crippen molar-refractivity contribution in [2.75, 3.05) is 0 Å². The van der Waals surface area contributed by atoms with Crippen molar-refractivity contribution in [3.8, 4) is 0 Å². The van der Waals surface area contributed by atoms with Gasteiger partial charge in [0, 0.05) is 24.2 Å². The number of nitrogens with zero attached hydrogens (tertiary/aromatic N) is 1. The van der Waals surface area contributed by atoms with Crippen molar-refractivity contribution in [3.63, 3.8) is 0 Å². The van der Waals surface area contributed by atoms with Gasteiger partial charge in [0.2, 0.25) is 5.95 Å². The molecule has 0 saturated heterocycles. The summed E-state index contributed by atoms with van der Waals surface area (Å²) in [6.45, 7) is 0. The van der Waals surface area contributed by atoms with Gasteiger partial charge in [-0.05, 0) is 12.5 Å². The second kappa shape index (κ2) is 6.43. The van der Waals surface area contributed by atoms with Gasteiger partial charge in [-0.1, -0.05) is 0 Å². The van der Waals surface area contributed by atoms with Gasteiger partial charge in [-0.15, -0.1) is 0 Å². The first-order chi connectivity index (χ1) is 8.90. The summed E-state index contributed by atoms with van der Waals surface area (Å²) in [7, 11) is 0. The fourth-order valence-electron chi connectivity index (χ4n) is 1.31. The van der Waals surface area contributed by atoms with E-state index in [1.807, 2.05) is 0 Å². The molecule has 0 aromatic carbocycles. The Hall–Kier alpha value is -2.51. The number of pyridine rings is 1. The number of carboxylic acids is 2. The minimum atomic E-state index is -1.36. The first-order valence-corrected chi connectivity index (χ1v) is 5.27. The zero-order chi connectivity index (χ0) is 14.4. The topological polar surface area (TPSA) is 117 Å². The molecule has 1 heterocycles. The van der Waals surface area contributed by atoms with Crippen LogP contribution >= 0.6 is 0 Å². The molecule has 0 bridgehead atoms. The van der Waals surface area contributed by atoms with E-state index in [1.165, 1.54) is 6.07 Å². The highest BCUT2D eigenvalue weighted by Gasteiger charge is 2.21. The Morgan fingerprint density at radius 2 is 2.05 bits per heavy atom. The van der Waals surface area contributed by atoms with Gasteiger partial charge < -0.3 is 15.5 Å². The first-order valence-electron chi connectivity index (χ1n) is 5.27. The molecule has 1 aromatic heterocycles. The van der Waals surface area contributed by atoms with E-state index < -0.39 is 36.3 Å². The van der Waals surface area contributed by atoms with Crippen LogP contribution in [0, 0.1) is 5.95 Å². The summed E-state index contributed by atoms with van der Waals surface area (Å²) in [4.78, 5) is 36.1. The SMILES string of the molecule is O=C(O)CCC(NC(=O)c1ccnc(F)c1)C(=O)O. The summed E-state index contributed by atoms with van der Waals surface area (Å²) in [6.07, 6.45) is 0.406. The number of rotatable bonds is 6. The average Bonchev–Trinajstić information content (AvgIpc) is 2.33. The van der Waals surface area contributed by atoms with Crippen molar-refractivity contribution >= 4 is 17.8 Å². The summed E-state index contributed by atoms with van der Waals surface area (Å²) < 4.78 is 12.8. The van der Waals surface area contributed by atoms with Crippen LogP contribution < -0.4 is 5.32 Å². The average molecular weight is 270 g/mol. The van der Waals surface area contributed by atoms with E-state index in [2.05, 4.69) is 10.3 Å². The Morgan fingerprint density at radius 1 is 1.37 bits per heavy atom. The summed E-state index contributed by atoms with van der Waals surface area (Å²) >= 11 is 0. The number of carbonyl (C=O) groups is 3. The lowest BCUT2D eigenvalue weighted by atomic mass is 10.1. The van der Waals surface area contributed by atoms with Crippen molar-refractivity contribution in [3.05, 3.63) is 29.8 Å². The minimum Gasteiger partial charge on any atom is -0.481 e. The minimum absolute atomic E-state index is 0.0888. The Morgan fingerprint density at radius 3 is 2.58 bits per heavy atom. The molecule has 0 spiro atoms. The second-order valence-electron chi connectivity index (χ2n) is 3.66. The van der Waals surface area contributed by atoms with Crippen LogP contribution in [0.15, 0.2) is 18.3 Å². The number of nitrogens with one attached hydrogen (secondary N) is 1. The van der Waals surface area contributed by atoms with Crippen molar-refractivity contribution in [1.29, 1.82) is 0 Å². The summed E-state index contributed by atoms with van der Waals surface area (Å²) in [5, 5.41) is 19.4. The lowest BCUT2D eigenvalue weighted by Gasteiger charge is -2.13. The van der Waals surface area contributed by atoms with Gasteiger partial charge in [-0.25, -0.2) is 9.78 Å². The van der Waals surface area contributed by atoms with Crippen LogP contribution in [0.2, 0.25) is 0 Å². The van der Waals surface area contributed by atoms with Gasteiger partial charge in [-0.3, -0.25) is 9.59 Å². The number of hydrogen-bond donors (Lipinski definition) is 3. The van der Waals surface area contributed by atoms with Crippen molar-refractivity contribution < 1.29 is 29.0 Å². The van der Waals surface area contributed by atoms with Gasteiger partial charge in [0.05, 0.1) is 0 Å². The Labute approximate surface area is 107 Å². The standard InChI is InChI=1S/C11H11FN2O5/c12-8-5-6(3-4-13-8)10(17)14-7(11(18)19)1-2-9(15)16/h3-5,7H,1-2H2,(H,14,17)(H,15,16)(H,18,19). The molecule has 1 amide bonds. The highest BCUT2D eigenvalue weighted by molar-refractivity contribution is 5.96. The molecule has 0 aliphatic rings. The van der Waals surface area contributed by atoms with Gasteiger partial charge in [0.15, 0.2) is 0 Å². The van der Waals surface area contributed by atoms with E-state index in [-0.39, 0.29) is 12.0 Å². The first kappa shape index (κ1) is 14.6. The molecule has 0 aliphatic heterocycles. The molecular formula is C11H11FN2O5. The largest absolute Gasteiger partial charge is 0.481 e. The molecular weight excluding hydrogens is 259 g/mol. The van der Waals surface area contributed by atoms with Gasteiger partial charge in [0.1, 0.15) is 6.04 Å². The van der Waals surface area contributed by atoms with E-state index in [0.29, 0.717) is 0 Å². The third kappa shape index (κ3) is 4.70. The number of carbonyl (C=O) groups excluding carboxylic acids is 1. The summed E-state index contributed by atoms with van der Waals surface area (Å²) in [5.41, 5.74) is -0.0888. The number of amides is 1. The number of hydrogen-bond acceptors (Lipinski definition) is 4. The van der Waals surface area contributed by atoms with Gasteiger partial charge >= 0.3 is 11.9 Å². The molecule has 1 atom stereocenters. The fourth-order valence-corrected chi connectivity index (χ4v) is 1.31. The highest BCUT2D eigenvalue weighted by atomic mass is 19.1. The molecule has 0 fully saturated rings. The van der Waals surface area contributed by atoms with E-state index in [1.54, 1.807) is 0 Å². The van der Waals surface area contributed by atoms with Crippen LogP contribution in [0.25, 0.3) is 0 Å². The fraction of sp³-hybridized carbons (Fsp3) is 0.273. The lowest BCUT2D eigenvalue weighted by molar-refractivity contribution is -0.140. The molecule has 7 nitrogen and oxygen atoms in total. The number of aliphatic carboxylic acids is 2. The third-order valence-electron chi connectivity index (χ3n) is 2.24. The molecule has 102 valence electrons. The normalized spacial score (nSPS) is 11.6. The van der Waals surface area contributed by atoms with Gasteiger partial charge in [-0.2, -0.15) is 4.39 Å². The molecule has 19 heavy (non-hydrogen) atoms. The van der Waals surface area contributed by atoms with Crippen LogP contribution in [-0.4, -0.2) is 39.1 Å². The zero-order valence-electron chi connectivity index (χ0n) is 9.67. The molecule has 8 heteroatoms. The molecule has 1 rings (SSSR count). The maximum absolute atomic E-state index is 12.8. The quantitative estimate of drug-likeness (QED) is 0.639. The Balaban J connectivity index is 2.71. The Bertz CT molecular complexity index is 506. The smallest absolute Gasteiger partial charge is 0.326 e. The molecule has 0 saturated carbocycles. The highest BCUT2D eigenvalue weighted by Crippen LogP contribution is 2.03. The summed E-state index contributed by atoms with van der Waals surface area (Å²) in [6, 6.07) is 0.722. The number of halogens is 1. The number of carboxylic acid groups (broad SMARTS) is 2. The van der Waals surface area contributed by atoms with Crippen LogP contribution in [0.5, 0.6) is 0 Å². The monoisotopic (exact) mass is 270 g/mol. The maximum Gasteiger partial charge on any atom is 0.326 e. The van der Waals surface area contributed by atoms with Crippen LogP contribution in [0.3, 0.4) is 0 Å². The predicted octanol–water partition coefficient (Wildman–Crippen LogP) is 0.268.